The van der Waals surface area contributed by atoms with E-state index in [-0.39, 0.29) is 68.1 Å². The van der Waals surface area contributed by atoms with Gasteiger partial charge in [-0.1, -0.05) is 294 Å². The topological polar surface area (TPSA) is 0 Å². The normalized spacial score (nSPS) is 15.4. The minimum atomic E-state index is -4.12. The van der Waals surface area contributed by atoms with E-state index in [0.29, 0.717) is 40.9 Å². The van der Waals surface area contributed by atoms with E-state index >= 15 is 0 Å². The quantitative estimate of drug-likeness (QED) is 0.113. The first-order chi connectivity index (χ1) is 37.3. The molecule has 85 heavy (non-hydrogen) atoms. The van der Waals surface area contributed by atoms with Gasteiger partial charge in [0.05, 0.1) is 27.1 Å². The number of rotatable bonds is 19. The average molecular weight is 1270 g/mol. The summed E-state index contributed by atoms with van der Waals surface area (Å²) in [4.78, 5) is 0. The Morgan fingerprint density at radius 3 is 0.588 bits per heavy atom. The molecule has 526 valence electrons. The van der Waals surface area contributed by atoms with Crippen LogP contribution in [0.15, 0.2) is 0 Å². The maximum absolute atomic E-state index is 12.8. The van der Waals surface area contributed by atoms with Crippen LogP contribution in [-0.2, 0) is 0 Å². The van der Waals surface area contributed by atoms with E-state index in [4.69, 9.17) is 0 Å². The van der Waals surface area contributed by atoms with Crippen LogP contribution < -0.4 is 0 Å². The summed E-state index contributed by atoms with van der Waals surface area (Å²) in [6, 6.07) is 0. The molecular weight excluding hydrogens is 1130 g/mol. The zero-order chi connectivity index (χ0) is 71.1. The molecule has 0 fully saturated rings. The third-order valence-corrected chi connectivity index (χ3v) is 20.0. The van der Waals surface area contributed by atoms with Crippen molar-refractivity contribution in [3.63, 3.8) is 0 Å². The number of hydrogen-bond acceptors (Lipinski definition) is 0. The fourth-order valence-electron chi connectivity index (χ4n) is 10.8. The highest BCUT2D eigenvalue weighted by Crippen LogP contribution is 2.51. The van der Waals surface area contributed by atoms with Crippen molar-refractivity contribution in [2.75, 3.05) is 0 Å². The predicted octanol–water partition coefficient (Wildman–Crippen LogP) is 29.8. The van der Waals surface area contributed by atoms with Crippen LogP contribution in [0.3, 0.4) is 0 Å². The van der Waals surface area contributed by atoms with Crippen LogP contribution in [0, 0.1) is 84.2 Å². The van der Waals surface area contributed by atoms with E-state index in [2.05, 4.69) is 104 Å². The summed E-state index contributed by atoms with van der Waals surface area (Å²) in [7, 11) is 0. The summed E-state index contributed by atoms with van der Waals surface area (Å²) in [5, 5.41) is 0. The van der Waals surface area contributed by atoms with Gasteiger partial charge in [0.2, 0.25) is 0 Å². The molecule has 0 aliphatic heterocycles. The largest absolute Gasteiger partial charge is 0.394 e. The van der Waals surface area contributed by atoms with Gasteiger partial charge in [-0.15, -0.1) is 0 Å². The highest BCUT2D eigenvalue weighted by Gasteiger charge is 2.55. The van der Waals surface area contributed by atoms with Gasteiger partial charge >= 0.3 is 30.9 Å². The molecule has 0 N–H and O–H groups in total. The number of alkyl halides is 15. The van der Waals surface area contributed by atoms with Crippen LogP contribution in [0.25, 0.3) is 0 Å². The Labute approximate surface area is 517 Å². The van der Waals surface area contributed by atoms with Crippen molar-refractivity contribution >= 4 is 0 Å². The summed E-state index contributed by atoms with van der Waals surface area (Å²) in [6.45, 7) is 66.3. The van der Waals surface area contributed by atoms with Crippen molar-refractivity contribution < 1.29 is 65.9 Å². The van der Waals surface area contributed by atoms with E-state index in [9.17, 15) is 65.9 Å². The molecule has 0 radical (unpaired) electrons. The van der Waals surface area contributed by atoms with Gasteiger partial charge < -0.3 is 0 Å². The molecule has 0 saturated heterocycles. The molecule has 0 unspecified atom stereocenters. The lowest BCUT2D eigenvalue weighted by molar-refractivity contribution is -0.240. The molecule has 0 heterocycles. The number of halogens is 15. The van der Waals surface area contributed by atoms with E-state index in [0.717, 1.165) is 5.92 Å². The molecule has 0 nitrogen and oxygen atoms in total. The van der Waals surface area contributed by atoms with Gasteiger partial charge in [-0.05, 0) is 102 Å². The Kier molecular flexibility index (Phi) is 48.8. The van der Waals surface area contributed by atoms with E-state index in [1.54, 1.807) is 55.4 Å². The Morgan fingerprint density at radius 2 is 0.553 bits per heavy atom. The SMILES string of the molecule is CC(C)C(C(C)C)C(C)(C)C(F)(F)F.CCC(C)(CC)C(C)(C)C.CCC(C)(CC)C(F)(F)F.CCC(CC)C(C)(C)C.CCC(CC)[C@](C)(CC)C(F)(F)F.CCCC(C)(C)C.CCC[C@](C)(CC)C(F)(F)F.CC[C@@](C)(C(C)C)C(F)(F)F. The Morgan fingerprint density at radius 1 is 0.282 bits per heavy atom. The van der Waals surface area contributed by atoms with Crippen molar-refractivity contribution in [3.8, 4) is 0 Å². The molecule has 3 atom stereocenters. The van der Waals surface area contributed by atoms with Crippen molar-refractivity contribution in [2.24, 2.45) is 84.2 Å². The third-order valence-electron chi connectivity index (χ3n) is 20.0. The Bertz CT molecular complexity index is 1520. The van der Waals surface area contributed by atoms with Crippen molar-refractivity contribution in [3.05, 3.63) is 0 Å². The molecule has 0 amide bonds. The number of hydrogen-bond donors (Lipinski definition) is 0. The van der Waals surface area contributed by atoms with E-state index in [1.807, 2.05) is 41.5 Å². The molecule has 15 heteroatoms. The van der Waals surface area contributed by atoms with Gasteiger partial charge in [0.25, 0.3) is 0 Å². The van der Waals surface area contributed by atoms with Crippen molar-refractivity contribution in [1.82, 2.24) is 0 Å². The van der Waals surface area contributed by atoms with Crippen LogP contribution in [-0.4, -0.2) is 30.9 Å². The lowest BCUT2D eigenvalue weighted by atomic mass is 9.65. The fourth-order valence-corrected chi connectivity index (χ4v) is 10.8. The highest BCUT2D eigenvalue weighted by atomic mass is 19.4. The van der Waals surface area contributed by atoms with Crippen LogP contribution in [0.2, 0.25) is 0 Å². The smallest absolute Gasteiger partial charge is 0.171 e. The zero-order valence-electron chi connectivity index (χ0n) is 61.7. The minimum Gasteiger partial charge on any atom is -0.171 e. The van der Waals surface area contributed by atoms with Gasteiger partial charge in [-0.3, -0.25) is 0 Å². The van der Waals surface area contributed by atoms with E-state index in [1.165, 1.54) is 80.1 Å². The van der Waals surface area contributed by atoms with Gasteiger partial charge in [0, 0.05) is 0 Å². The first-order valence-corrected chi connectivity index (χ1v) is 32.6. The van der Waals surface area contributed by atoms with Crippen LogP contribution in [0.5, 0.6) is 0 Å². The van der Waals surface area contributed by atoms with Crippen LogP contribution >= 0.6 is 0 Å². The molecular formula is C70H141F15. The summed E-state index contributed by atoms with van der Waals surface area (Å²) >= 11 is 0. The second-order valence-electron chi connectivity index (χ2n) is 30.1. The minimum absolute atomic E-state index is 0.0478. The maximum Gasteiger partial charge on any atom is 0.394 e. The summed E-state index contributed by atoms with van der Waals surface area (Å²) in [5.74, 6) is 0.0586. The van der Waals surface area contributed by atoms with Gasteiger partial charge in [-0.2, -0.15) is 65.9 Å². The van der Waals surface area contributed by atoms with Crippen LogP contribution in [0.1, 0.15) is 339 Å². The maximum atomic E-state index is 12.8. The molecule has 0 aromatic carbocycles. The summed E-state index contributed by atoms with van der Waals surface area (Å²) in [5.41, 5.74) is -5.53. The Balaban J connectivity index is -0.000000134. The standard InChI is InChI=1S/C11H21F3.C10H19F3.C10H22.C9H20.2C8H15F3.C7H13F3.C7H16/c1-7(2)9(8(3)4)10(5,6)11(12,13)14;1-5-8(6-2)9(4,7-3)10(11,12)13;1-7-10(6,8-2)9(3,4)5;1-6-8(7-2)9(3,4)5;1-5-7(4,6(2)3)8(9,10)11;1-4-6-7(3,5-2)8(9,10)11;1-4-6(3,5-2)7(8,9)10;1-5-6-7(2,3)4/h7-9H,1-6H3;8H,5-7H2,1-4H3;7-8H2,1-6H3;8H,6-7H2,1-5H3;6H,5H2,1-4H3;4-6H2,1-3H3;4-5H2,1-3H3;5-6H2,1-4H3/t;9-;;;2*7-;;/m.0..00../s1. The first kappa shape index (κ1) is 100. The molecule has 0 aromatic rings. The third kappa shape index (κ3) is 36.5. The lowest BCUT2D eigenvalue weighted by Gasteiger charge is -2.41. The van der Waals surface area contributed by atoms with Crippen molar-refractivity contribution in [2.45, 2.75) is 370 Å². The summed E-state index contributed by atoms with van der Waals surface area (Å²) in [6.07, 6.45) is -9.68. The van der Waals surface area contributed by atoms with Crippen LogP contribution in [0.4, 0.5) is 65.9 Å². The zero-order valence-corrected chi connectivity index (χ0v) is 61.7. The van der Waals surface area contributed by atoms with E-state index < -0.39 is 58.0 Å². The predicted molar refractivity (Wildman–Crippen MR) is 341 cm³/mol. The second-order valence-corrected chi connectivity index (χ2v) is 30.1. The lowest BCUT2D eigenvalue weighted by Crippen LogP contribution is -2.43. The summed E-state index contributed by atoms with van der Waals surface area (Å²) < 4.78 is 187. The molecule has 0 aliphatic carbocycles. The first-order valence-electron chi connectivity index (χ1n) is 32.6. The van der Waals surface area contributed by atoms with Gasteiger partial charge in [-0.25, -0.2) is 0 Å². The molecule has 0 bridgehead atoms. The molecule has 0 spiro atoms. The Hall–Kier alpha value is -1.05. The molecule has 0 saturated carbocycles. The van der Waals surface area contributed by atoms with Crippen molar-refractivity contribution in [1.29, 1.82) is 0 Å². The second kappa shape index (κ2) is 41.4. The molecule has 0 aromatic heterocycles. The van der Waals surface area contributed by atoms with Gasteiger partial charge in [0.15, 0.2) is 0 Å². The monoisotopic (exact) mass is 1270 g/mol. The average Bonchev–Trinajstić information content (AvgIpc) is 3.31. The molecule has 0 rings (SSSR count). The van der Waals surface area contributed by atoms with Gasteiger partial charge in [0.1, 0.15) is 0 Å². The highest BCUT2D eigenvalue weighted by molar-refractivity contribution is 4.89. The molecule has 0 aliphatic rings. The fraction of sp³-hybridized carbons (Fsp3) is 1.00.